The van der Waals surface area contributed by atoms with Gasteiger partial charge in [-0.25, -0.2) is 0 Å². The zero-order chi connectivity index (χ0) is 16.2. The van der Waals surface area contributed by atoms with Gasteiger partial charge in [-0.15, -0.1) is 0 Å². The van der Waals surface area contributed by atoms with E-state index >= 15 is 0 Å². The molecule has 0 bridgehead atoms. The van der Waals surface area contributed by atoms with E-state index in [1.807, 2.05) is 24.3 Å². The number of methoxy groups -OCH3 is 2. The molecule has 0 aliphatic heterocycles. The molecule has 5 heteroatoms. The standard InChI is InChI=1S/C18H16N2O3/c1-22-15-9-8-13(11-16(15)23-2)20-18(21)14-7-3-5-12-6-4-10-19-17(12)14/h3-11H,1-2H3,(H,20,21). The minimum absolute atomic E-state index is 0.221. The van der Waals surface area contributed by atoms with Gasteiger partial charge in [0.05, 0.1) is 25.3 Å². The number of nitrogens with one attached hydrogen (secondary N) is 1. The number of hydrogen-bond donors (Lipinski definition) is 1. The average molecular weight is 308 g/mol. The van der Waals surface area contributed by atoms with Crippen molar-refractivity contribution in [2.45, 2.75) is 0 Å². The lowest BCUT2D eigenvalue weighted by Crippen LogP contribution is -2.12. The predicted octanol–water partition coefficient (Wildman–Crippen LogP) is 3.50. The van der Waals surface area contributed by atoms with Crippen LogP contribution in [0.25, 0.3) is 10.9 Å². The molecule has 5 nitrogen and oxygen atoms in total. The number of carbonyl (C=O) groups excluding carboxylic acids is 1. The summed E-state index contributed by atoms with van der Waals surface area (Å²) in [7, 11) is 3.12. The number of pyridine rings is 1. The first-order valence-corrected chi connectivity index (χ1v) is 7.10. The summed E-state index contributed by atoms with van der Waals surface area (Å²) in [5.74, 6) is 0.945. The Bertz CT molecular complexity index is 857. The van der Waals surface area contributed by atoms with Gasteiger partial charge < -0.3 is 14.8 Å². The molecule has 0 aliphatic carbocycles. The van der Waals surface area contributed by atoms with Crippen LogP contribution in [-0.4, -0.2) is 25.1 Å². The molecule has 116 valence electrons. The van der Waals surface area contributed by atoms with Crippen molar-refractivity contribution in [1.29, 1.82) is 0 Å². The third-order valence-electron chi connectivity index (χ3n) is 3.52. The number of amides is 1. The van der Waals surface area contributed by atoms with Crippen LogP contribution in [0.4, 0.5) is 5.69 Å². The van der Waals surface area contributed by atoms with E-state index in [4.69, 9.17) is 9.47 Å². The van der Waals surface area contributed by atoms with Gasteiger partial charge in [0.25, 0.3) is 5.91 Å². The Labute approximate surface area is 133 Å². The Hall–Kier alpha value is -3.08. The van der Waals surface area contributed by atoms with Crippen LogP contribution in [0.1, 0.15) is 10.4 Å². The lowest BCUT2D eigenvalue weighted by molar-refractivity contribution is 0.102. The summed E-state index contributed by atoms with van der Waals surface area (Å²) in [6, 6.07) is 14.5. The summed E-state index contributed by atoms with van der Waals surface area (Å²) in [6.45, 7) is 0. The zero-order valence-electron chi connectivity index (χ0n) is 12.9. The molecule has 3 rings (SSSR count). The maximum absolute atomic E-state index is 12.6. The topological polar surface area (TPSA) is 60.5 Å². The van der Waals surface area contributed by atoms with Gasteiger partial charge in [0.15, 0.2) is 11.5 Å². The molecular weight excluding hydrogens is 292 g/mol. The number of hydrogen-bond acceptors (Lipinski definition) is 4. The quantitative estimate of drug-likeness (QED) is 0.801. The highest BCUT2D eigenvalue weighted by Gasteiger charge is 2.12. The molecule has 0 aliphatic rings. The van der Waals surface area contributed by atoms with Gasteiger partial charge in [-0.1, -0.05) is 18.2 Å². The largest absolute Gasteiger partial charge is 0.493 e. The van der Waals surface area contributed by atoms with Crippen molar-refractivity contribution in [3.8, 4) is 11.5 Å². The monoisotopic (exact) mass is 308 g/mol. The summed E-state index contributed by atoms with van der Waals surface area (Å²) in [6.07, 6.45) is 1.68. The van der Waals surface area contributed by atoms with E-state index in [0.717, 1.165) is 5.39 Å². The molecule has 0 saturated heterocycles. The van der Waals surface area contributed by atoms with Crippen LogP contribution in [0.3, 0.4) is 0 Å². The number of ether oxygens (including phenoxy) is 2. The van der Waals surface area contributed by atoms with Gasteiger partial charge in [-0.2, -0.15) is 0 Å². The molecule has 1 heterocycles. The summed E-state index contributed by atoms with van der Waals surface area (Å²) in [5.41, 5.74) is 1.83. The maximum Gasteiger partial charge on any atom is 0.257 e. The van der Waals surface area contributed by atoms with Gasteiger partial charge in [0, 0.05) is 23.3 Å². The Morgan fingerprint density at radius 1 is 1.00 bits per heavy atom. The molecule has 2 aromatic carbocycles. The number of anilines is 1. The van der Waals surface area contributed by atoms with Crippen LogP contribution in [0.2, 0.25) is 0 Å². The zero-order valence-corrected chi connectivity index (χ0v) is 12.9. The number of benzene rings is 2. The highest BCUT2D eigenvalue weighted by molar-refractivity contribution is 6.11. The first kappa shape index (κ1) is 14.8. The van der Waals surface area contributed by atoms with Crippen LogP contribution >= 0.6 is 0 Å². The Balaban J connectivity index is 1.92. The lowest BCUT2D eigenvalue weighted by atomic mass is 10.1. The summed E-state index contributed by atoms with van der Waals surface area (Å²) < 4.78 is 10.4. The normalized spacial score (nSPS) is 10.3. The highest BCUT2D eigenvalue weighted by Crippen LogP contribution is 2.30. The van der Waals surface area contributed by atoms with Crippen molar-refractivity contribution < 1.29 is 14.3 Å². The van der Waals surface area contributed by atoms with Gasteiger partial charge in [-0.3, -0.25) is 9.78 Å². The van der Waals surface area contributed by atoms with E-state index in [9.17, 15) is 4.79 Å². The molecule has 1 amide bonds. The number of fused-ring (bicyclic) bond motifs is 1. The summed E-state index contributed by atoms with van der Waals surface area (Å²) in [4.78, 5) is 16.9. The Morgan fingerprint density at radius 2 is 1.78 bits per heavy atom. The van der Waals surface area contributed by atoms with Crippen LogP contribution < -0.4 is 14.8 Å². The number of nitrogens with zero attached hydrogens (tertiary/aromatic N) is 1. The van der Waals surface area contributed by atoms with Crippen LogP contribution in [0, 0.1) is 0 Å². The van der Waals surface area contributed by atoms with E-state index < -0.39 is 0 Å². The van der Waals surface area contributed by atoms with E-state index in [-0.39, 0.29) is 5.91 Å². The molecule has 0 radical (unpaired) electrons. The second kappa shape index (κ2) is 6.36. The molecule has 0 fully saturated rings. The average Bonchev–Trinajstić information content (AvgIpc) is 2.61. The van der Waals surface area contributed by atoms with Crippen molar-refractivity contribution >= 4 is 22.5 Å². The molecule has 0 atom stereocenters. The smallest absolute Gasteiger partial charge is 0.257 e. The molecule has 3 aromatic rings. The summed E-state index contributed by atoms with van der Waals surface area (Å²) in [5, 5.41) is 3.79. The van der Waals surface area contributed by atoms with Crippen LogP contribution in [0.5, 0.6) is 11.5 Å². The number of para-hydroxylation sites is 1. The number of carbonyl (C=O) groups is 1. The van der Waals surface area contributed by atoms with Crippen LogP contribution in [-0.2, 0) is 0 Å². The minimum atomic E-state index is -0.221. The highest BCUT2D eigenvalue weighted by atomic mass is 16.5. The first-order chi connectivity index (χ1) is 11.2. The van der Waals surface area contributed by atoms with Crippen molar-refractivity contribution in [2.24, 2.45) is 0 Å². The second-order valence-corrected chi connectivity index (χ2v) is 4.90. The fourth-order valence-electron chi connectivity index (χ4n) is 2.40. The van der Waals surface area contributed by atoms with E-state index in [1.54, 1.807) is 44.7 Å². The van der Waals surface area contributed by atoms with Gasteiger partial charge in [0.2, 0.25) is 0 Å². The van der Waals surface area contributed by atoms with Crippen LogP contribution in [0.15, 0.2) is 54.7 Å². The van der Waals surface area contributed by atoms with Gasteiger partial charge in [-0.05, 0) is 24.3 Å². The third kappa shape index (κ3) is 2.94. The summed E-state index contributed by atoms with van der Waals surface area (Å²) >= 11 is 0. The molecule has 0 spiro atoms. The molecule has 23 heavy (non-hydrogen) atoms. The fraction of sp³-hybridized carbons (Fsp3) is 0.111. The SMILES string of the molecule is COc1ccc(NC(=O)c2cccc3cccnc23)cc1OC. The molecule has 1 aromatic heterocycles. The van der Waals surface area contributed by atoms with Crippen molar-refractivity contribution in [3.05, 3.63) is 60.3 Å². The Morgan fingerprint density at radius 3 is 2.57 bits per heavy atom. The molecule has 1 N–H and O–H groups in total. The molecule has 0 saturated carbocycles. The van der Waals surface area contributed by atoms with Crippen molar-refractivity contribution in [3.63, 3.8) is 0 Å². The molecule has 0 unspecified atom stereocenters. The van der Waals surface area contributed by atoms with E-state index in [2.05, 4.69) is 10.3 Å². The van der Waals surface area contributed by atoms with E-state index in [0.29, 0.717) is 28.3 Å². The van der Waals surface area contributed by atoms with Gasteiger partial charge >= 0.3 is 0 Å². The fourth-order valence-corrected chi connectivity index (χ4v) is 2.40. The Kier molecular flexibility index (Phi) is 4.10. The van der Waals surface area contributed by atoms with Crippen molar-refractivity contribution in [2.75, 3.05) is 19.5 Å². The maximum atomic E-state index is 12.6. The number of rotatable bonds is 4. The lowest BCUT2D eigenvalue weighted by Gasteiger charge is -2.11. The van der Waals surface area contributed by atoms with Gasteiger partial charge in [0.1, 0.15) is 0 Å². The minimum Gasteiger partial charge on any atom is -0.493 e. The first-order valence-electron chi connectivity index (χ1n) is 7.10. The second-order valence-electron chi connectivity index (χ2n) is 4.90. The number of aromatic nitrogens is 1. The predicted molar refractivity (Wildman–Crippen MR) is 89.2 cm³/mol. The third-order valence-corrected chi connectivity index (χ3v) is 3.52. The van der Waals surface area contributed by atoms with Crippen molar-refractivity contribution in [1.82, 2.24) is 4.98 Å². The molecular formula is C18H16N2O3. The van der Waals surface area contributed by atoms with E-state index in [1.165, 1.54) is 0 Å².